The van der Waals surface area contributed by atoms with E-state index in [2.05, 4.69) is 15.6 Å². The van der Waals surface area contributed by atoms with Crippen LogP contribution in [-0.4, -0.2) is 10.9 Å². The van der Waals surface area contributed by atoms with E-state index in [9.17, 15) is 18.0 Å². The van der Waals surface area contributed by atoms with Crippen LogP contribution >= 0.6 is 0 Å². The highest BCUT2D eigenvalue weighted by molar-refractivity contribution is 6.04. The Bertz CT molecular complexity index is 1300. The average molecular weight is 464 g/mol. The summed E-state index contributed by atoms with van der Waals surface area (Å²) in [4.78, 5) is 17.6. The normalized spacial score (nSPS) is 12.5. The van der Waals surface area contributed by atoms with Gasteiger partial charge >= 0.3 is 6.18 Å². The van der Waals surface area contributed by atoms with Crippen LogP contribution in [0.5, 0.6) is 0 Å². The zero-order chi connectivity index (χ0) is 24.3. The highest BCUT2D eigenvalue weighted by atomic mass is 19.4. The number of carbonyl (C=O) groups is 1. The number of para-hydroxylation sites is 1. The van der Waals surface area contributed by atoms with Crippen LogP contribution in [-0.2, 0) is 11.0 Å². The number of amides is 1. The maximum Gasteiger partial charge on any atom is 0.416 e. The Morgan fingerprint density at radius 3 is 2.29 bits per heavy atom. The predicted octanol–water partition coefficient (Wildman–Crippen LogP) is 7.17. The molecule has 2 N–H and O–H groups in total. The lowest BCUT2D eigenvalue weighted by molar-refractivity contribution is -0.137. The number of fused-ring (bicyclic) bond motifs is 1. The zero-order valence-electron chi connectivity index (χ0n) is 18.7. The highest BCUT2D eigenvalue weighted by Crippen LogP contribution is 2.33. The van der Waals surface area contributed by atoms with Gasteiger partial charge in [-0.3, -0.25) is 9.78 Å². The quantitative estimate of drug-likeness (QED) is 0.319. The van der Waals surface area contributed by atoms with Crippen molar-refractivity contribution in [2.24, 2.45) is 0 Å². The number of carbonyl (C=O) groups excluding carboxylic acids is 1. The first-order chi connectivity index (χ1) is 16.2. The van der Waals surface area contributed by atoms with Gasteiger partial charge in [0.1, 0.15) is 6.04 Å². The first kappa shape index (κ1) is 23.3. The molecule has 0 saturated carbocycles. The highest BCUT2D eigenvalue weighted by Gasteiger charge is 2.31. The topological polar surface area (TPSA) is 54.0 Å². The Morgan fingerprint density at radius 1 is 0.882 bits per heavy atom. The van der Waals surface area contributed by atoms with Crippen molar-refractivity contribution in [2.45, 2.75) is 32.0 Å². The summed E-state index contributed by atoms with van der Waals surface area (Å²) in [6, 6.07) is 18.6. The molecule has 1 amide bonds. The molecule has 1 heterocycles. The summed E-state index contributed by atoms with van der Waals surface area (Å²) in [6.07, 6.45) is -1.11. The number of pyridine rings is 1. The van der Waals surface area contributed by atoms with Crippen LogP contribution in [0.25, 0.3) is 10.8 Å². The van der Waals surface area contributed by atoms with E-state index >= 15 is 0 Å². The van der Waals surface area contributed by atoms with Gasteiger partial charge in [0.2, 0.25) is 0 Å². The van der Waals surface area contributed by atoms with Crippen LogP contribution in [0.1, 0.15) is 42.5 Å². The summed E-state index contributed by atoms with van der Waals surface area (Å²) in [5, 5.41) is 7.90. The maximum atomic E-state index is 13.5. The van der Waals surface area contributed by atoms with Crippen LogP contribution in [0.4, 0.5) is 24.5 Å². The SMILES string of the molecule is CC(C)c1ccccc1NC(C(=O)Nc1cccc2cnccc12)c1ccc(C(F)(F)F)cc1. The Kier molecular flexibility index (Phi) is 6.54. The number of anilines is 2. The van der Waals surface area contributed by atoms with Gasteiger partial charge in [0.15, 0.2) is 0 Å². The summed E-state index contributed by atoms with van der Waals surface area (Å²) in [5.74, 6) is -0.201. The van der Waals surface area contributed by atoms with Gasteiger partial charge < -0.3 is 10.6 Å². The van der Waals surface area contributed by atoms with E-state index in [0.717, 1.165) is 34.2 Å². The molecule has 3 aromatic carbocycles. The number of benzene rings is 3. The fraction of sp³-hybridized carbons (Fsp3) is 0.185. The van der Waals surface area contributed by atoms with Crippen LogP contribution in [0.15, 0.2) is 85.2 Å². The van der Waals surface area contributed by atoms with Crippen molar-refractivity contribution in [3.05, 3.63) is 102 Å². The van der Waals surface area contributed by atoms with E-state index in [1.54, 1.807) is 24.5 Å². The van der Waals surface area contributed by atoms with Crippen molar-refractivity contribution in [1.82, 2.24) is 4.98 Å². The Hall–Kier alpha value is -3.87. The van der Waals surface area contributed by atoms with E-state index in [1.807, 2.05) is 50.2 Å². The smallest absolute Gasteiger partial charge is 0.370 e. The fourth-order valence-electron chi connectivity index (χ4n) is 3.89. The summed E-state index contributed by atoms with van der Waals surface area (Å²) in [5.41, 5.74) is 2.01. The molecule has 34 heavy (non-hydrogen) atoms. The molecule has 0 aliphatic rings. The molecular formula is C27H24F3N3O. The summed E-state index contributed by atoms with van der Waals surface area (Å²) in [6.45, 7) is 4.08. The van der Waals surface area contributed by atoms with Crippen molar-refractivity contribution < 1.29 is 18.0 Å². The predicted molar refractivity (Wildman–Crippen MR) is 129 cm³/mol. The van der Waals surface area contributed by atoms with Gasteiger partial charge in [-0.1, -0.05) is 56.3 Å². The number of hydrogen-bond acceptors (Lipinski definition) is 3. The first-order valence-corrected chi connectivity index (χ1v) is 10.9. The third kappa shape index (κ3) is 5.03. The zero-order valence-corrected chi connectivity index (χ0v) is 18.7. The van der Waals surface area contributed by atoms with Crippen molar-refractivity contribution in [3.8, 4) is 0 Å². The molecule has 4 rings (SSSR count). The van der Waals surface area contributed by atoms with Gasteiger partial charge in [-0.25, -0.2) is 0 Å². The van der Waals surface area contributed by atoms with E-state index < -0.39 is 17.8 Å². The average Bonchev–Trinajstić information content (AvgIpc) is 2.82. The molecule has 0 aliphatic carbocycles. The summed E-state index contributed by atoms with van der Waals surface area (Å²) < 4.78 is 39.3. The molecule has 0 saturated heterocycles. The van der Waals surface area contributed by atoms with Crippen LogP contribution in [0.3, 0.4) is 0 Å². The van der Waals surface area contributed by atoms with Crippen molar-refractivity contribution >= 4 is 28.1 Å². The second-order valence-corrected chi connectivity index (χ2v) is 8.33. The van der Waals surface area contributed by atoms with Crippen LogP contribution < -0.4 is 10.6 Å². The second-order valence-electron chi connectivity index (χ2n) is 8.33. The van der Waals surface area contributed by atoms with Gasteiger partial charge in [-0.15, -0.1) is 0 Å². The van der Waals surface area contributed by atoms with Gasteiger partial charge in [-0.05, 0) is 47.4 Å². The molecule has 7 heteroatoms. The monoisotopic (exact) mass is 463 g/mol. The number of nitrogens with one attached hydrogen (secondary N) is 2. The van der Waals surface area contributed by atoms with Crippen LogP contribution in [0, 0.1) is 0 Å². The molecule has 4 nitrogen and oxygen atoms in total. The first-order valence-electron chi connectivity index (χ1n) is 10.9. The lowest BCUT2D eigenvalue weighted by atomic mass is 9.98. The minimum Gasteiger partial charge on any atom is -0.370 e. The van der Waals surface area contributed by atoms with E-state index in [-0.39, 0.29) is 11.8 Å². The second kappa shape index (κ2) is 9.55. The molecular weight excluding hydrogens is 439 g/mol. The molecule has 0 fully saturated rings. The molecule has 1 atom stereocenters. The minimum atomic E-state index is -4.45. The standard InChI is InChI=1S/C27H24F3N3O/c1-17(2)21-7-3-4-8-23(21)32-25(18-10-12-20(13-11-18)27(28,29)30)26(34)33-24-9-5-6-19-16-31-15-14-22(19)24/h3-17,25,32H,1-2H3,(H,33,34). The molecule has 0 radical (unpaired) electrons. The molecule has 174 valence electrons. The van der Waals surface area contributed by atoms with Crippen molar-refractivity contribution in [2.75, 3.05) is 10.6 Å². The Labute approximate surface area is 195 Å². The Balaban J connectivity index is 1.72. The number of aromatic nitrogens is 1. The number of rotatable bonds is 6. The largest absolute Gasteiger partial charge is 0.416 e. The molecule has 0 bridgehead atoms. The summed E-state index contributed by atoms with van der Waals surface area (Å²) in [7, 11) is 0. The molecule has 1 aromatic heterocycles. The molecule has 4 aromatic rings. The Morgan fingerprint density at radius 2 is 1.59 bits per heavy atom. The maximum absolute atomic E-state index is 13.5. The van der Waals surface area contributed by atoms with Crippen molar-refractivity contribution in [3.63, 3.8) is 0 Å². The van der Waals surface area contributed by atoms with Crippen molar-refractivity contribution in [1.29, 1.82) is 0 Å². The van der Waals surface area contributed by atoms with E-state index in [1.165, 1.54) is 12.1 Å². The number of hydrogen-bond donors (Lipinski definition) is 2. The fourth-order valence-corrected chi connectivity index (χ4v) is 3.89. The molecule has 1 unspecified atom stereocenters. The number of nitrogens with zero attached hydrogens (tertiary/aromatic N) is 1. The third-order valence-electron chi connectivity index (χ3n) is 5.65. The lowest BCUT2D eigenvalue weighted by Gasteiger charge is -2.23. The van der Waals surface area contributed by atoms with Gasteiger partial charge in [0.05, 0.1) is 5.56 Å². The van der Waals surface area contributed by atoms with Gasteiger partial charge in [0, 0.05) is 34.5 Å². The third-order valence-corrected chi connectivity index (χ3v) is 5.65. The minimum absolute atomic E-state index is 0.186. The number of halogens is 3. The number of alkyl halides is 3. The lowest BCUT2D eigenvalue weighted by Crippen LogP contribution is -2.28. The van der Waals surface area contributed by atoms with E-state index in [4.69, 9.17) is 0 Å². The van der Waals surface area contributed by atoms with Gasteiger partial charge in [0.25, 0.3) is 5.91 Å². The molecule has 0 aliphatic heterocycles. The van der Waals surface area contributed by atoms with Gasteiger partial charge in [-0.2, -0.15) is 13.2 Å². The van der Waals surface area contributed by atoms with E-state index in [0.29, 0.717) is 11.3 Å². The molecule has 0 spiro atoms. The summed E-state index contributed by atoms with van der Waals surface area (Å²) >= 11 is 0. The van der Waals surface area contributed by atoms with Crippen LogP contribution in [0.2, 0.25) is 0 Å².